The van der Waals surface area contributed by atoms with E-state index < -0.39 is 24.0 Å². The van der Waals surface area contributed by atoms with Gasteiger partial charge in [-0.15, -0.1) is 6.58 Å². The highest BCUT2D eigenvalue weighted by atomic mass is 16.8. The molecule has 2 aliphatic carbocycles. The smallest absolute Gasteiger partial charge is 0.317 e. The van der Waals surface area contributed by atoms with Crippen LogP contribution in [0, 0.1) is 17.8 Å². The van der Waals surface area contributed by atoms with Crippen molar-refractivity contribution in [3.8, 4) is 11.5 Å². The number of carbonyl (C=O) groups is 1. The number of hydrogen-bond donors (Lipinski definition) is 4. The Balaban J connectivity index is 1.72. The van der Waals surface area contributed by atoms with Crippen LogP contribution in [0.2, 0.25) is 0 Å². The second-order valence-electron chi connectivity index (χ2n) is 15.0. The van der Waals surface area contributed by atoms with Crippen LogP contribution >= 0.6 is 0 Å². The standard InChI is InChI=1S/C43H65N3O10/c1-4-19-46(42(50)44-18-26-51-27-22-49)38-30-36(45-56-39-15-9-12-25-53-39)34-28-31(13-7-10-20-47)33(14-8-11-21-48)40-35-29-32(52-23-5-2)16-17-37(35)55-43(38,41(34)40)54-24-6-3/h5-6,16-17,28-29,31,33,38-41,47-49H,2-4,7-15,18-27,30H2,1H3,(H,44,50)/t31-,33+,38-,39?,40+,41+,43+/m0/s1. The van der Waals surface area contributed by atoms with E-state index in [0.717, 1.165) is 61.8 Å². The molecule has 2 aliphatic heterocycles. The van der Waals surface area contributed by atoms with Crippen molar-refractivity contribution in [2.75, 3.05) is 65.9 Å². The molecule has 1 saturated carbocycles. The van der Waals surface area contributed by atoms with E-state index in [1.165, 1.54) is 0 Å². The Morgan fingerprint density at radius 2 is 1.86 bits per heavy atom. The van der Waals surface area contributed by atoms with Gasteiger partial charge in [-0.25, -0.2) is 4.79 Å². The predicted molar refractivity (Wildman–Crippen MR) is 214 cm³/mol. The summed E-state index contributed by atoms with van der Waals surface area (Å²) in [4.78, 5) is 22.4. The summed E-state index contributed by atoms with van der Waals surface area (Å²) in [6, 6.07) is 4.98. The highest BCUT2D eigenvalue weighted by Crippen LogP contribution is 2.62. The molecule has 56 heavy (non-hydrogen) atoms. The SMILES string of the molecule is C=CCOc1ccc2c(c1)[C@H]1[C@H](CCCCO)[C@@H](CCCCO)C=C3C(=NOC4CCCCO4)C[C@H](N(CCC)C(=O)NCCOCCO)[C@@](OCC=C)(O2)[C@H]31. The Morgan fingerprint density at radius 1 is 1.05 bits per heavy atom. The van der Waals surface area contributed by atoms with E-state index in [4.69, 9.17) is 33.7 Å². The lowest BCUT2D eigenvalue weighted by molar-refractivity contribution is -0.254. The second-order valence-corrected chi connectivity index (χ2v) is 15.0. The van der Waals surface area contributed by atoms with Crippen LogP contribution in [0.3, 0.4) is 0 Å². The lowest BCUT2D eigenvalue weighted by atomic mass is 9.55. The summed E-state index contributed by atoms with van der Waals surface area (Å²) >= 11 is 0. The topological polar surface area (TPSA) is 161 Å². The average molecular weight is 784 g/mol. The first-order chi connectivity index (χ1) is 27.5. The van der Waals surface area contributed by atoms with Crippen molar-refractivity contribution in [1.29, 1.82) is 0 Å². The van der Waals surface area contributed by atoms with Gasteiger partial charge in [0, 0.05) is 50.6 Å². The van der Waals surface area contributed by atoms with Crippen molar-refractivity contribution in [3.05, 3.63) is 60.7 Å². The summed E-state index contributed by atoms with van der Waals surface area (Å²) in [5.74, 6) is -0.375. The van der Waals surface area contributed by atoms with Gasteiger partial charge in [0.15, 0.2) is 0 Å². The van der Waals surface area contributed by atoms with Gasteiger partial charge in [-0.1, -0.05) is 49.7 Å². The van der Waals surface area contributed by atoms with Crippen molar-refractivity contribution in [2.24, 2.45) is 22.9 Å². The number of benzene rings is 1. The van der Waals surface area contributed by atoms with E-state index in [9.17, 15) is 20.1 Å². The zero-order chi connectivity index (χ0) is 39.8. The average Bonchev–Trinajstić information content (AvgIpc) is 3.22. The number of ether oxygens (including phenoxy) is 5. The minimum atomic E-state index is -1.35. The first kappa shape index (κ1) is 43.7. The van der Waals surface area contributed by atoms with Crippen LogP contribution in [0.4, 0.5) is 4.79 Å². The number of amides is 2. The van der Waals surface area contributed by atoms with Gasteiger partial charge in [-0.05, 0) is 80.6 Å². The van der Waals surface area contributed by atoms with Gasteiger partial charge in [-0.2, -0.15) is 0 Å². The first-order valence-corrected chi connectivity index (χ1v) is 20.8. The number of oxime groups is 1. The summed E-state index contributed by atoms with van der Waals surface area (Å²) in [5, 5.41) is 36.8. The zero-order valence-electron chi connectivity index (χ0n) is 33.3. The van der Waals surface area contributed by atoms with Gasteiger partial charge in [0.05, 0.1) is 44.7 Å². The monoisotopic (exact) mass is 783 g/mol. The zero-order valence-corrected chi connectivity index (χ0v) is 33.3. The molecule has 4 N–H and O–H groups in total. The largest absolute Gasteiger partial charge is 0.490 e. The maximum Gasteiger partial charge on any atom is 0.317 e. The fraction of sp³-hybridized carbons (Fsp3) is 0.674. The molecule has 2 heterocycles. The molecule has 1 aromatic rings. The molecule has 312 valence electrons. The van der Waals surface area contributed by atoms with E-state index in [-0.39, 0.29) is 70.0 Å². The number of allylic oxidation sites excluding steroid dienone is 1. The number of hydrogen-bond acceptors (Lipinski definition) is 11. The fourth-order valence-corrected chi connectivity index (χ4v) is 8.95. The van der Waals surface area contributed by atoms with Gasteiger partial charge in [0.2, 0.25) is 12.1 Å². The number of unbranched alkanes of at least 4 members (excludes halogenated alkanes) is 2. The van der Waals surface area contributed by atoms with Crippen molar-refractivity contribution in [3.63, 3.8) is 0 Å². The molecule has 4 aliphatic rings. The lowest BCUT2D eigenvalue weighted by Crippen LogP contribution is -2.71. The molecule has 0 spiro atoms. The Labute approximate surface area is 332 Å². The van der Waals surface area contributed by atoms with Crippen LogP contribution in [0.25, 0.3) is 0 Å². The Hall–Kier alpha value is -3.46. The van der Waals surface area contributed by atoms with Crippen LogP contribution in [-0.2, 0) is 19.0 Å². The van der Waals surface area contributed by atoms with Crippen LogP contribution in [-0.4, -0.2) is 116 Å². The summed E-state index contributed by atoms with van der Waals surface area (Å²) in [5.41, 5.74) is 2.69. The third-order valence-electron chi connectivity index (χ3n) is 11.3. The summed E-state index contributed by atoms with van der Waals surface area (Å²) in [7, 11) is 0. The third-order valence-corrected chi connectivity index (χ3v) is 11.3. The number of aliphatic hydroxyl groups excluding tert-OH is 3. The number of rotatable bonds is 24. The number of aliphatic hydroxyl groups is 3. The molecule has 0 radical (unpaired) electrons. The van der Waals surface area contributed by atoms with E-state index in [1.54, 1.807) is 12.2 Å². The highest BCUT2D eigenvalue weighted by Gasteiger charge is 2.65. The van der Waals surface area contributed by atoms with Gasteiger partial charge in [0.1, 0.15) is 24.1 Å². The molecule has 2 amide bonds. The lowest BCUT2D eigenvalue weighted by Gasteiger charge is -2.60. The predicted octanol–water partition coefficient (Wildman–Crippen LogP) is 5.84. The van der Waals surface area contributed by atoms with E-state index in [2.05, 4.69) is 30.6 Å². The van der Waals surface area contributed by atoms with Crippen molar-refractivity contribution in [1.82, 2.24) is 10.2 Å². The third kappa shape index (κ3) is 10.5. The minimum Gasteiger partial charge on any atom is -0.490 e. The number of carbonyl (C=O) groups excluding carboxylic acids is 1. The molecule has 7 atom stereocenters. The molecule has 1 aromatic carbocycles. The molecule has 0 bridgehead atoms. The van der Waals surface area contributed by atoms with Crippen LogP contribution in [0.1, 0.15) is 89.0 Å². The van der Waals surface area contributed by atoms with Gasteiger partial charge >= 0.3 is 6.03 Å². The van der Waals surface area contributed by atoms with E-state index in [0.29, 0.717) is 56.9 Å². The normalized spacial score (nSPS) is 27.3. The van der Waals surface area contributed by atoms with E-state index >= 15 is 0 Å². The summed E-state index contributed by atoms with van der Waals surface area (Å²) in [6.45, 7) is 12.3. The Bertz CT molecular complexity index is 1460. The van der Waals surface area contributed by atoms with Crippen LogP contribution < -0.4 is 14.8 Å². The molecule has 13 heteroatoms. The molecule has 13 nitrogen and oxygen atoms in total. The highest BCUT2D eigenvalue weighted by molar-refractivity contribution is 6.03. The number of urea groups is 1. The molecular formula is C43H65N3O10. The maximum absolute atomic E-state index is 14.3. The number of fused-ring (bicyclic) bond motifs is 2. The van der Waals surface area contributed by atoms with Crippen LogP contribution in [0.15, 0.2) is 60.3 Å². The minimum absolute atomic E-state index is 0.0951. The van der Waals surface area contributed by atoms with Gasteiger partial charge < -0.3 is 54.1 Å². The fourth-order valence-electron chi connectivity index (χ4n) is 8.95. The second kappa shape index (κ2) is 22.5. The molecule has 0 aromatic heterocycles. The number of nitrogens with one attached hydrogen (secondary N) is 1. The van der Waals surface area contributed by atoms with Crippen LogP contribution in [0.5, 0.6) is 11.5 Å². The maximum atomic E-state index is 14.3. The number of nitrogens with zero attached hydrogens (tertiary/aromatic N) is 2. The van der Waals surface area contributed by atoms with Crippen molar-refractivity contribution < 1.29 is 48.6 Å². The molecule has 2 fully saturated rings. The quantitative estimate of drug-likeness (QED) is 0.0570. The van der Waals surface area contributed by atoms with Crippen molar-refractivity contribution >= 4 is 11.7 Å². The molecule has 1 unspecified atom stereocenters. The van der Waals surface area contributed by atoms with Gasteiger partial charge in [0.25, 0.3) is 0 Å². The summed E-state index contributed by atoms with van der Waals surface area (Å²) in [6.07, 6.45) is 13.7. The Kier molecular flexibility index (Phi) is 17.5. The first-order valence-electron chi connectivity index (χ1n) is 20.8. The van der Waals surface area contributed by atoms with Gasteiger partial charge in [-0.3, -0.25) is 0 Å². The molecular weight excluding hydrogens is 718 g/mol. The Morgan fingerprint density at radius 3 is 2.57 bits per heavy atom. The molecule has 1 saturated heterocycles. The van der Waals surface area contributed by atoms with Crippen molar-refractivity contribution in [2.45, 2.75) is 102 Å². The summed E-state index contributed by atoms with van der Waals surface area (Å²) < 4.78 is 31.8. The molecule has 5 rings (SSSR count). The van der Waals surface area contributed by atoms with E-state index in [1.807, 2.05) is 24.0 Å².